The van der Waals surface area contributed by atoms with Crippen molar-refractivity contribution in [3.8, 4) is 11.1 Å². The van der Waals surface area contributed by atoms with E-state index in [9.17, 15) is 9.59 Å². The molecule has 2 aromatic carbocycles. The first-order chi connectivity index (χ1) is 12.5. The third-order valence-corrected chi connectivity index (χ3v) is 5.29. The summed E-state index contributed by atoms with van der Waals surface area (Å²) in [5, 5.41) is 5.65. The van der Waals surface area contributed by atoms with Crippen LogP contribution >= 0.6 is 38.9 Å². The standard InChI is InChI=1S/C19H13BrClNO3S/c1-25-19(24)16-15(11-5-7-14(21)8-6-11)10-26-18(16)22-17(23)12-3-2-4-13(20)9-12/h2-10H,1H3,(H,22,23). The van der Waals surface area contributed by atoms with Crippen molar-refractivity contribution in [2.75, 3.05) is 12.4 Å². The van der Waals surface area contributed by atoms with Gasteiger partial charge in [-0.05, 0) is 35.9 Å². The van der Waals surface area contributed by atoms with Gasteiger partial charge in [0.15, 0.2) is 0 Å². The van der Waals surface area contributed by atoms with Crippen molar-refractivity contribution in [1.82, 2.24) is 0 Å². The largest absolute Gasteiger partial charge is 0.465 e. The number of thiophene rings is 1. The molecular formula is C19H13BrClNO3S. The molecule has 3 rings (SSSR count). The molecule has 0 bridgehead atoms. The lowest BCUT2D eigenvalue weighted by atomic mass is 10.0. The van der Waals surface area contributed by atoms with E-state index in [-0.39, 0.29) is 5.91 Å². The number of benzene rings is 2. The van der Waals surface area contributed by atoms with Gasteiger partial charge < -0.3 is 10.1 Å². The normalized spacial score (nSPS) is 10.4. The zero-order valence-electron chi connectivity index (χ0n) is 13.6. The average molecular weight is 451 g/mol. The molecule has 4 nitrogen and oxygen atoms in total. The third-order valence-electron chi connectivity index (χ3n) is 3.65. The highest BCUT2D eigenvalue weighted by Crippen LogP contribution is 2.36. The Bertz CT molecular complexity index is 969. The molecule has 0 unspecified atom stereocenters. The smallest absolute Gasteiger partial charge is 0.341 e. The van der Waals surface area contributed by atoms with Crippen molar-refractivity contribution in [2.24, 2.45) is 0 Å². The first-order valence-corrected chi connectivity index (χ1v) is 9.57. The fourth-order valence-electron chi connectivity index (χ4n) is 2.40. The first kappa shape index (κ1) is 18.6. The molecule has 1 N–H and O–H groups in total. The van der Waals surface area contributed by atoms with E-state index in [0.29, 0.717) is 26.7 Å². The number of carbonyl (C=O) groups excluding carboxylic acids is 2. The van der Waals surface area contributed by atoms with Crippen LogP contribution in [0.1, 0.15) is 20.7 Å². The van der Waals surface area contributed by atoms with Crippen molar-refractivity contribution in [1.29, 1.82) is 0 Å². The van der Waals surface area contributed by atoms with Gasteiger partial charge in [0.2, 0.25) is 0 Å². The second kappa shape index (κ2) is 8.03. The molecular weight excluding hydrogens is 438 g/mol. The highest BCUT2D eigenvalue weighted by molar-refractivity contribution is 9.10. The van der Waals surface area contributed by atoms with Crippen LogP contribution in [-0.2, 0) is 4.74 Å². The molecule has 1 amide bonds. The summed E-state index contributed by atoms with van der Waals surface area (Å²) in [7, 11) is 1.31. The van der Waals surface area contributed by atoms with Crippen molar-refractivity contribution in [2.45, 2.75) is 0 Å². The molecule has 0 aliphatic heterocycles. The van der Waals surface area contributed by atoms with Gasteiger partial charge >= 0.3 is 5.97 Å². The number of esters is 1. The van der Waals surface area contributed by atoms with Crippen LogP contribution in [0.15, 0.2) is 58.4 Å². The van der Waals surface area contributed by atoms with Gasteiger partial charge in [0.05, 0.1) is 7.11 Å². The van der Waals surface area contributed by atoms with Gasteiger partial charge in [0.1, 0.15) is 10.6 Å². The summed E-state index contributed by atoms with van der Waals surface area (Å²) in [5.41, 5.74) is 2.30. The fourth-order valence-corrected chi connectivity index (χ4v) is 3.88. The second-order valence-corrected chi connectivity index (χ2v) is 7.55. The summed E-state index contributed by atoms with van der Waals surface area (Å²) in [6.07, 6.45) is 0. The van der Waals surface area contributed by atoms with Crippen LogP contribution in [0.25, 0.3) is 11.1 Å². The summed E-state index contributed by atoms with van der Waals surface area (Å²) in [6, 6.07) is 14.1. The minimum atomic E-state index is -0.513. The van der Waals surface area contributed by atoms with E-state index < -0.39 is 5.97 Å². The van der Waals surface area contributed by atoms with Gasteiger partial charge in [-0.1, -0.05) is 45.7 Å². The zero-order chi connectivity index (χ0) is 18.7. The quantitative estimate of drug-likeness (QED) is 0.506. The van der Waals surface area contributed by atoms with Crippen molar-refractivity contribution in [3.05, 3.63) is 74.5 Å². The maximum Gasteiger partial charge on any atom is 0.341 e. The second-order valence-electron chi connectivity index (χ2n) is 5.32. The number of nitrogens with one attached hydrogen (secondary N) is 1. The van der Waals surface area contributed by atoms with Crippen molar-refractivity contribution >= 4 is 55.7 Å². The van der Waals surface area contributed by atoms with Crippen LogP contribution in [0.2, 0.25) is 5.02 Å². The first-order valence-electron chi connectivity index (χ1n) is 7.52. The molecule has 0 atom stereocenters. The lowest BCUT2D eigenvalue weighted by Gasteiger charge is -2.08. The number of halogens is 2. The number of amides is 1. The summed E-state index contributed by atoms with van der Waals surface area (Å²) in [4.78, 5) is 24.9. The molecule has 0 saturated heterocycles. The van der Waals surface area contributed by atoms with E-state index in [4.69, 9.17) is 16.3 Å². The van der Waals surface area contributed by atoms with Gasteiger partial charge in [-0.15, -0.1) is 11.3 Å². The monoisotopic (exact) mass is 449 g/mol. The maximum absolute atomic E-state index is 12.5. The Morgan fingerprint density at radius 2 is 1.88 bits per heavy atom. The summed E-state index contributed by atoms with van der Waals surface area (Å²) in [6.45, 7) is 0. The van der Waals surface area contributed by atoms with Crippen LogP contribution < -0.4 is 5.32 Å². The number of ether oxygens (including phenoxy) is 1. The number of anilines is 1. The molecule has 7 heteroatoms. The molecule has 0 fully saturated rings. The van der Waals surface area contributed by atoms with E-state index >= 15 is 0 Å². The Morgan fingerprint density at radius 1 is 1.15 bits per heavy atom. The number of hydrogen-bond acceptors (Lipinski definition) is 4. The van der Waals surface area contributed by atoms with Gasteiger partial charge in [-0.3, -0.25) is 4.79 Å². The molecule has 1 aromatic heterocycles. The van der Waals surface area contributed by atoms with Crippen LogP contribution in [-0.4, -0.2) is 19.0 Å². The van der Waals surface area contributed by atoms with Gasteiger partial charge in [0.25, 0.3) is 5.91 Å². The average Bonchev–Trinajstić information content (AvgIpc) is 3.05. The number of hydrogen-bond donors (Lipinski definition) is 1. The highest BCUT2D eigenvalue weighted by atomic mass is 79.9. The van der Waals surface area contributed by atoms with Crippen molar-refractivity contribution in [3.63, 3.8) is 0 Å². The number of rotatable bonds is 4. The molecule has 26 heavy (non-hydrogen) atoms. The summed E-state index contributed by atoms with van der Waals surface area (Å²) >= 11 is 10.5. The summed E-state index contributed by atoms with van der Waals surface area (Å²) in [5.74, 6) is -0.818. The van der Waals surface area contributed by atoms with Gasteiger partial charge in [-0.25, -0.2) is 4.79 Å². The van der Waals surface area contributed by atoms with Crippen LogP contribution in [0, 0.1) is 0 Å². The molecule has 0 spiro atoms. The zero-order valence-corrected chi connectivity index (χ0v) is 16.7. The molecule has 0 radical (unpaired) electrons. The molecule has 1 heterocycles. The van der Waals surface area contributed by atoms with Crippen molar-refractivity contribution < 1.29 is 14.3 Å². The Balaban J connectivity index is 1.98. The Morgan fingerprint density at radius 3 is 2.54 bits per heavy atom. The van der Waals surface area contributed by atoms with Crippen LogP contribution in [0.4, 0.5) is 5.00 Å². The van der Waals surface area contributed by atoms with E-state index in [1.165, 1.54) is 18.4 Å². The molecule has 0 aliphatic rings. The minimum Gasteiger partial charge on any atom is -0.465 e. The van der Waals surface area contributed by atoms with E-state index in [1.54, 1.807) is 30.3 Å². The number of methoxy groups -OCH3 is 1. The lowest BCUT2D eigenvalue weighted by molar-refractivity contribution is 0.0603. The van der Waals surface area contributed by atoms with Crippen LogP contribution in [0.3, 0.4) is 0 Å². The molecule has 0 aliphatic carbocycles. The van der Waals surface area contributed by atoms with Gasteiger partial charge in [0, 0.05) is 26.0 Å². The predicted molar refractivity (Wildman–Crippen MR) is 108 cm³/mol. The third kappa shape index (κ3) is 3.98. The Hall–Kier alpha value is -2.15. The lowest BCUT2D eigenvalue weighted by Crippen LogP contribution is -2.14. The summed E-state index contributed by atoms with van der Waals surface area (Å²) < 4.78 is 5.71. The topological polar surface area (TPSA) is 55.4 Å². The molecule has 3 aromatic rings. The SMILES string of the molecule is COC(=O)c1c(-c2ccc(Cl)cc2)csc1NC(=O)c1cccc(Br)c1. The van der Waals surface area contributed by atoms with Gasteiger partial charge in [-0.2, -0.15) is 0 Å². The maximum atomic E-state index is 12.5. The Labute approximate surface area is 167 Å². The minimum absolute atomic E-state index is 0.305. The van der Waals surface area contributed by atoms with Crippen LogP contribution in [0.5, 0.6) is 0 Å². The molecule has 0 saturated carbocycles. The Kier molecular flexibility index (Phi) is 5.76. The predicted octanol–water partition coefficient (Wildman–Crippen LogP) is 5.87. The number of carbonyl (C=O) groups is 2. The highest BCUT2D eigenvalue weighted by Gasteiger charge is 2.22. The molecule has 132 valence electrons. The fraction of sp³-hybridized carbons (Fsp3) is 0.0526. The van der Waals surface area contributed by atoms with E-state index in [2.05, 4.69) is 21.2 Å². The van der Waals surface area contributed by atoms with E-state index in [0.717, 1.165) is 10.0 Å². The van der Waals surface area contributed by atoms with E-state index in [1.807, 2.05) is 23.6 Å².